The maximum absolute atomic E-state index is 5.22. The van der Waals surface area contributed by atoms with E-state index in [1.165, 1.54) is 22.3 Å². The van der Waals surface area contributed by atoms with E-state index in [-0.39, 0.29) is 26.5 Å². The van der Waals surface area contributed by atoms with Crippen LogP contribution in [0, 0.1) is 0 Å². The first kappa shape index (κ1) is 32.8. The predicted molar refractivity (Wildman–Crippen MR) is 190 cm³/mol. The molecule has 48 heavy (non-hydrogen) atoms. The molecular formula is C42H35N5Pt. The molecule has 1 aliphatic carbocycles. The van der Waals surface area contributed by atoms with E-state index >= 15 is 0 Å². The summed E-state index contributed by atoms with van der Waals surface area (Å²) in [7, 11) is 0. The van der Waals surface area contributed by atoms with Crippen molar-refractivity contribution in [1.82, 2.24) is 20.2 Å². The van der Waals surface area contributed by atoms with Crippen LogP contribution in [0.25, 0.3) is 27.8 Å². The molecule has 0 saturated carbocycles. The molecule has 0 N–H and O–H groups in total. The van der Waals surface area contributed by atoms with Crippen LogP contribution in [-0.2, 0) is 31.9 Å². The summed E-state index contributed by atoms with van der Waals surface area (Å²) < 4.78 is 0. The van der Waals surface area contributed by atoms with Crippen molar-refractivity contribution in [3.8, 4) is 22.5 Å². The second kappa shape index (κ2) is 13.9. The van der Waals surface area contributed by atoms with Gasteiger partial charge in [-0.15, -0.1) is 11.4 Å². The zero-order valence-corrected chi connectivity index (χ0v) is 29.3. The molecule has 6 heteroatoms. The van der Waals surface area contributed by atoms with Crippen molar-refractivity contribution in [3.63, 3.8) is 0 Å². The molecule has 0 aliphatic heterocycles. The van der Waals surface area contributed by atoms with Gasteiger partial charge in [-0.05, 0) is 46.5 Å². The molecule has 0 unspecified atom stereocenters. The minimum absolute atomic E-state index is 0. The molecule has 3 aromatic heterocycles. The molecule has 3 heterocycles. The van der Waals surface area contributed by atoms with Gasteiger partial charge in [0.25, 0.3) is 0 Å². The number of hydrogen-bond donors (Lipinski definition) is 0. The Labute approximate surface area is 296 Å². The molecule has 0 atom stereocenters. The fraction of sp³-hybridized carbons (Fsp3) is 0.119. The molecule has 0 radical (unpaired) electrons. The summed E-state index contributed by atoms with van der Waals surface area (Å²) in [5.74, 6) is 0. The normalized spacial score (nSPS) is 12.5. The molecule has 5 nitrogen and oxygen atoms in total. The van der Waals surface area contributed by atoms with Crippen molar-refractivity contribution >= 4 is 11.4 Å². The largest absolute Gasteiger partial charge is 2.00 e. The third-order valence-corrected chi connectivity index (χ3v) is 8.48. The fourth-order valence-electron chi connectivity index (χ4n) is 6.23. The molecule has 8 rings (SSSR count). The van der Waals surface area contributed by atoms with Gasteiger partial charge in [-0.3, -0.25) is 9.97 Å². The topological polar surface area (TPSA) is 66.9 Å². The molecule has 7 aromatic rings. The smallest absolute Gasteiger partial charge is 0.658 e. The van der Waals surface area contributed by atoms with Crippen molar-refractivity contribution in [1.29, 1.82) is 0 Å². The SMILES string of the molecule is CC(C)(C)c1cc(-c2cccc(C3(c4ccccn4)c4ccccc4-c4ccccc43)n2)[n-]n1.[Pt+2].c1ccc([N-]c2ccccc2)cc1. The zero-order valence-electron chi connectivity index (χ0n) is 27.1. The first-order chi connectivity index (χ1) is 22.9. The molecule has 0 saturated heterocycles. The number of hydrogen-bond acceptors (Lipinski definition) is 3. The molecule has 0 amide bonds. The average Bonchev–Trinajstić information content (AvgIpc) is 3.73. The van der Waals surface area contributed by atoms with Crippen LogP contribution < -0.4 is 5.10 Å². The summed E-state index contributed by atoms with van der Waals surface area (Å²) in [6.07, 6.45) is 1.86. The van der Waals surface area contributed by atoms with Crippen LogP contribution in [-0.4, -0.2) is 15.1 Å². The zero-order chi connectivity index (χ0) is 32.3. The van der Waals surface area contributed by atoms with Crippen LogP contribution in [0.3, 0.4) is 0 Å². The Hall–Kier alpha value is -5.12. The first-order valence-corrected chi connectivity index (χ1v) is 15.9. The summed E-state index contributed by atoms with van der Waals surface area (Å²) in [6.45, 7) is 6.44. The Morgan fingerprint density at radius 3 is 1.67 bits per heavy atom. The van der Waals surface area contributed by atoms with Gasteiger partial charge in [0.1, 0.15) is 5.41 Å². The van der Waals surface area contributed by atoms with E-state index in [9.17, 15) is 0 Å². The van der Waals surface area contributed by atoms with Gasteiger partial charge in [-0.25, -0.2) is 0 Å². The minimum atomic E-state index is -0.614. The Morgan fingerprint density at radius 2 is 1.12 bits per heavy atom. The number of pyridine rings is 2. The number of rotatable bonds is 5. The third-order valence-electron chi connectivity index (χ3n) is 8.48. The van der Waals surface area contributed by atoms with Crippen LogP contribution in [0.1, 0.15) is 49.0 Å². The molecule has 4 aromatic carbocycles. The van der Waals surface area contributed by atoms with E-state index in [1.54, 1.807) is 0 Å². The van der Waals surface area contributed by atoms with Crippen LogP contribution in [0.5, 0.6) is 0 Å². The molecule has 238 valence electrons. The Kier molecular flexibility index (Phi) is 9.52. The van der Waals surface area contributed by atoms with Crippen LogP contribution in [0.4, 0.5) is 11.4 Å². The molecule has 0 bridgehead atoms. The van der Waals surface area contributed by atoms with Gasteiger partial charge >= 0.3 is 21.1 Å². The Bertz CT molecular complexity index is 2020. The number of benzene rings is 4. The minimum Gasteiger partial charge on any atom is -0.658 e. The number of para-hydroxylation sites is 2. The number of aromatic nitrogens is 4. The van der Waals surface area contributed by atoms with Crippen LogP contribution in [0.2, 0.25) is 0 Å². The van der Waals surface area contributed by atoms with Gasteiger partial charge in [0, 0.05) is 23.0 Å². The van der Waals surface area contributed by atoms with E-state index < -0.39 is 5.41 Å². The van der Waals surface area contributed by atoms with Crippen LogP contribution in [0.15, 0.2) is 158 Å². The van der Waals surface area contributed by atoms with Gasteiger partial charge < -0.3 is 15.5 Å². The van der Waals surface area contributed by atoms with Gasteiger partial charge in [0.2, 0.25) is 0 Å². The number of nitrogens with zero attached hydrogens (tertiary/aromatic N) is 5. The van der Waals surface area contributed by atoms with Crippen molar-refractivity contribution in [2.75, 3.05) is 0 Å². The molecule has 0 spiro atoms. The summed E-state index contributed by atoms with van der Waals surface area (Å²) in [5, 5.41) is 13.4. The van der Waals surface area contributed by atoms with E-state index in [1.807, 2.05) is 79.0 Å². The second-order valence-electron chi connectivity index (χ2n) is 12.6. The molecule has 0 fully saturated rings. The van der Waals surface area contributed by atoms with E-state index in [2.05, 4.69) is 115 Å². The van der Waals surface area contributed by atoms with Crippen molar-refractivity contribution in [2.45, 2.75) is 31.6 Å². The molecule has 1 aliphatic rings. The summed E-state index contributed by atoms with van der Waals surface area (Å²) in [6, 6.07) is 51.5. The van der Waals surface area contributed by atoms with E-state index in [0.29, 0.717) is 0 Å². The Balaban J connectivity index is 0.000000241. The predicted octanol–water partition coefficient (Wildman–Crippen LogP) is 10.2. The van der Waals surface area contributed by atoms with Gasteiger partial charge in [0.15, 0.2) is 0 Å². The van der Waals surface area contributed by atoms with Crippen molar-refractivity contribution in [3.05, 3.63) is 191 Å². The second-order valence-corrected chi connectivity index (χ2v) is 12.6. The van der Waals surface area contributed by atoms with E-state index in [0.717, 1.165) is 39.8 Å². The van der Waals surface area contributed by atoms with Gasteiger partial charge in [-0.2, -0.15) is 0 Å². The average molecular weight is 805 g/mol. The Morgan fingerprint density at radius 1 is 0.583 bits per heavy atom. The van der Waals surface area contributed by atoms with Crippen molar-refractivity contribution < 1.29 is 21.1 Å². The van der Waals surface area contributed by atoms with Gasteiger partial charge in [-0.1, -0.05) is 154 Å². The maximum atomic E-state index is 5.22. The van der Waals surface area contributed by atoms with Crippen molar-refractivity contribution in [2.24, 2.45) is 0 Å². The maximum Gasteiger partial charge on any atom is 2.00 e. The van der Waals surface area contributed by atoms with Gasteiger partial charge in [0.05, 0.1) is 11.4 Å². The first-order valence-electron chi connectivity index (χ1n) is 15.9. The summed E-state index contributed by atoms with van der Waals surface area (Å²) in [4.78, 5) is 10.1. The standard InChI is InChI=1S/C30H25N4.C12H10N.Pt/c1-29(2,3)28-19-25(33-34-28)24-15-10-17-27(32-24)30(26-16-8-9-18-31-26)22-13-6-4-11-20(22)21-12-5-7-14-23(21)30;1-3-7-11(8-4-1)13-12-9-5-2-6-10-12;/h4-19H,1-3H3;1-10H;/q2*-1;+2. The summed E-state index contributed by atoms with van der Waals surface area (Å²) in [5.41, 5.74) is 10.6. The quantitative estimate of drug-likeness (QED) is 0.174. The number of fused-ring (bicyclic) bond motifs is 3. The van der Waals surface area contributed by atoms with Crippen LogP contribution >= 0.6 is 0 Å². The monoisotopic (exact) mass is 804 g/mol. The van der Waals surface area contributed by atoms with E-state index in [4.69, 9.17) is 9.97 Å². The summed E-state index contributed by atoms with van der Waals surface area (Å²) >= 11 is 0. The third kappa shape index (κ3) is 6.26. The fourth-order valence-corrected chi connectivity index (χ4v) is 6.23. The molecular weight excluding hydrogens is 770 g/mol.